The molecule has 2 aromatic carbocycles. The van der Waals surface area contributed by atoms with Crippen LogP contribution in [0, 0.1) is 5.92 Å². The van der Waals surface area contributed by atoms with E-state index in [0.717, 1.165) is 22.3 Å². The van der Waals surface area contributed by atoms with Crippen molar-refractivity contribution in [2.45, 2.75) is 25.3 Å². The Bertz CT molecular complexity index is 1040. The molecule has 1 saturated heterocycles. The van der Waals surface area contributed by atoms with E-state index in [4.69, 9.17) is 4.74 Å². The molecule has 4 rings (SSSR count). The van der Waals surface area contributed by atoms with Crippen LogP contribution in [0.25, 0.3) is 11.0 Å². The molecule has 7 heteroatoms. The van der Waals surface area contributed by atoms with Crippen LogP contribution in [-0.2, 0) is 14.3 Å². The predicted octanol–water partition coefficient (Wildman–Crippen LogP) is 3.49. The van der Waals surface area contributed by atoms with Gasteiger partial charge in [0.05, 0.1) is 43.0 Å². The van der Waals surface area contributed by atoms with Crippen molar-refractivity contribution in [1.82, 2.24) is 9.55 Å². The van der Waals surface area contributed by atoms with Crippen molar-refractivity contribution >= 4 is 28.7 Å². The number of fused-ring (bicyclic) bond motifs is 1. The molecule has 2 heterocycles. The van der Waals surface area contributed by atoms with Crippen LogP contribution in [0.4, 0.5) is 5.69 Å². The highest BCUT2D eigenvalue weighted by Crippen LogP contribution is 2.33. The lowest BCUT2D eigenvalue weighted by atomic mass is 9.96. The fourth-order valence-electron chi connectivity index (χ4n) is 4.21. The van der Waals surface area contributed by atoms with Crippen LogP contribution in [0.1, 0.15) is 30.9 Å². The number of benzene rings is 2. The SMILES string of the molecule is COC(=O)CC(c1ccccc1)n1cnc2c(N3CCC(C(=O)O)CC3)cccc21. The number of imidazole rings is 1. The fraction of sp³-hybridized carbons (Fsp3) is 0.348. The first kappa shape index (κ1) is 19.9. The summed E-state index contributed by atoms with van der Waals surface area (Å²) in [5.41, 5.74) is 3.80. The van der Waals surface area contributed by atoms with Gasteiger partial charge in [-0.15, -0.1) is 0 Å². The Labute approximate surface area is 174 Å². The zero-order valence-electron chi connectivity index (χ0n) is 16.9. The highest BCUT2D eigenvalue weighted by molar-refractivity contribution is 5.89. The number of carboxylic acid groups (broad SMARTS) is 1. The minimum absolute atomic E-state index is 0.209. The van der Waals surface area contributed by atoms with Crippen molar-refractivity contribution in [3.05, 3.63) is 60.4 Å². The maximum absolute atomic E-state index is 12.1. The number of piperidine rings is 1. The van der Waals surface area contributed by atoms with Gasteiger partial charge >= 0.3 is 11.9 Å². The summed E-state index contributed by atoms with van der Waals surface area (Å²) >= 11 is 0. The number of esters is 1. The Morgan fingerprint density at radius 1 is 1.13 bits per heavy atom. The highest BCUT2D eigenvalue weighted by atomic mass is 16.5. The monoisotopic (exact) mass is 407 g/mol. The molecule has 0 amide bonds. The second-order valence-electron chi connectivity index (χ2n) is 7.60. The number of aliphatic carboxylic acids is 1. The maximum atomic E-state index is 12.1. The van der Waals surface area contributed by atoms with Gasteiger partial charge in [-0.2, -0.15) is 0 Å². The molecule has 0 aliphatic carbocycles. The molecule has 1 aliphatic heterocycles. The molecule has 1 atom stereocenters. The first-order valence-corrected chi connectivity index (χ1v) is 10.1. The molecule has 1 N–H and O–H groups in total. The molecule has 156 valence electrons. The molecule has 0 radical (unpaired) electrons. The van der Waals surface area contributed by atoms with Gasteiger partial charge in [0.25, 0.3) is 0 Å². The first-order valence-electron chi connectivity index (χ1n) is 10.1. The molecule has 3 aromatic rings. The van der Waals surface area contributed by atoms with E-state index in [2.05, 4.69) is 9.88 Å². The summed E-state index contributed by atoms with van der Waals surface area (Å²) in [5, 5.41) is 9.26. The molecule has 0 bridgehead atoms. The van der Waals surface area contributed by atoms with Crippen molar-refractivity contribution in [1.29, 1.82) is 0 Å². The number of carboxylic acids is 1. The summed E-state index contributed by atoms with van der Waals surface area (Å²) in [4.78, 5) is 30.3. The predicted molar refractivity (Wildman–Crippen MR) is 114 cm³/mol. The Kier molecular flexibility index (Phi) is 5.70. The summed E-state index contributed by atoms with van der Waals surface area (Å²) in [6, 6.07) is 15.6. The lowest BCUT2D eigenvalue weighted by Gasteiger charge is -2.32. The summed E-state index contributed by atoms with van der Waals surface area (Å²) in [5.74, 6) is -1.27. The second kappa shape index (κ2) is 8.57. The minimum atomic E-state index is -0.717. The van der Waals surface area contributed by atoms with Crippen LogP contribution in [0.5, 0.6) is 0 Å². The van der Waals surface area contributed by atoms with Crippen LogP contribution in [0.15, 0.2) is 54.9 Å². The third-order valence-corrected chi connectivity index (χ3v) is 5.88. The molecule has 1 unspecified atom stereocenters. The zero-order chi connectivity index (χ0) is 21.1. The summed E-state index contributed by atoms with van der Waals surface area (Å²) in [7, 11) is 1.40. The summed E-state index contributed by atoms with van der Waals surface area (Å²) in [6.45, 7) is 1.38. The minimum Gasteiger partial charge on any atom is -0.481 e. The van der Waals surface area contributed by atoms with Crippen LogP contribution in [0.2, 0.25) is 0 Å². The molecule has 1 aromatic heterocycles. The normalized spacial score (nSPS) is 15.8. The lowest BCUT2D eigenvalue weighted by Crippen LogP contribution is -2.36. The number of methoxy groups -OCH3 is 1. The van der Waals surface area contributed by atoms with Gasteiger partial charge in [0.1, 0.15) is 5.52 Å². The fourth-order valence-corrected chi connectivity index (χ4v) is 4.21. The van der Waals surface area contributed by atoms with E-state index in [1.54, 1.807) is 6.33 Å². The molecule has 0 saturated carbocycles. The quantitative estimate of drug-likeness (QED) is 0.630. The second-order valence-corrected chi connectivity index (χ2v) is 7.60. The third kappa shape index (κ3) is 3.87. The van der Waals surface area contributed by atoms with Gasteiger partial charge in [0.15, 0.2) is 0 Å². The van der Waals surface area contributed by atoms with Gasteiger partial charge in [-0.3, -0.25) is 9.59 Å². The smallest absolute Gasteiger partial charge is 0.307 e. The van der Waals surface area contributed by atoms with E-state index in [1.807, 2.05) is 53.1 Å². The summed E-state index contributed by atoms with van der Waals surface area (Å²) in [6.07, 6.45) is 3.24. The number of carbonyl (C=O) groups excluding carboxylic acids is 1. The average Bonchev–Trinajstić information content (AvgIpc) is 3.22. The number of carbonyl (C=O) groups is 2. The molecular formula is C23H25N3O4. The largest absolute Gasteiger partial charge is 0.481 e. The lowest BCUT2D eigenvalue weighted by molar-refractivity contribution is -0.142. The van der Waals surface area contributed by atoms with E-state index in [0.29, 0.717) is 25.9 Å². The van der Waals surface area contributed by atoms with Gasteiger partial charge < -0.3 is 19.3 Å². The van der Waals surface area contributed by atoms with E-state index in [9.17, 15) is 14.7 Å². The Balaban J connectivity index is 1.69. The Morgan fingerprint density at radius 2 is 1.87 bits per heavy atom. The number of anilines is 1. The van der Waals surface area contributed by atoms with E-state index >= 15 is 0 Å². The van der Waals surface area contributed by atoms with Crippen molar-refractivity contribution in [2.24, 2.45) is 5.92 Å². The van der Waals surface area contributed by atoms with Gasteiger partial charge in [-0.25, -0.2) is 4.98 Å². The Hall–Kier alpha value is -3.35. The molecular weight excluding hydrogens is 382 g/mol. The standard InChI is InChI=1S/C23H25N3O4/c1-30-21(27)14-20(16-6-3-2-4-7-16)26-15-24-22-18(8-5-9-19(22)26)25-12-10-17(11-13-25)23(28)29/h2-9,15,17,20H,10-14H2,1H3,(H,28,29). The van der Waals surface area contributed by atoms with Crippen molar-refractivity contribution in [3.63, 3.8) is 0 Å². The highest BCUT2D eigenvalue weighted by Gasteiger charge is 2.27. The van der Waals surface area contributed by atoms with Crippen LogP contribution in [0.3, 0.4) is 0 Å². The zero-order valence-corrected chi connectivity index (χ0v) is 16.9. The number of ether oxygens (including phenoxy) is 1. The molecule has 30 heavy (non-hydrogen) atoms. The first-order chi connectivity index (χ1) is 14.6. The van der Waals surface area contributed by atoms with Crippen molar-refractivity contribution in [2.75, 3.05) is 25.1 Å². The van der Waals surface area contributed by atoms with Gasteiger partial charge in [0.2, 0.25) is 0 Å². The van der Waals surface area contributed by atoms with Gasteiger partial charge in [0, 0.05) is 13.1 Å². The Morgan fingerprint density at radius 3 is 2.53 bits per heavy atom. The van der Waals surface area contributed by atoms with Crippen molar-refractivity contribution in [3.8, 4) is 0 Å². The number of aromatic nitrogens is 2. The number of para-hydroxylation sites is 1. The maximum Gasteiger partial charge on any atom is 0.307 e. The number of hydrogen-bond acceptors (Lipinski definition) is 5. The van der Waals surface area contributed by atoms with Crippen LogP contribution in [-0.4, -0.2) is 46.8 Å². The van der Waals surface area contributed by atoms with Gasteiger partial charge in [-0.05, 0) is 30.5 Å². The van der Waals surface area contributed by atoms with Crippen LogP contribution >= 0.6 is 0 Å². The van der Waals surface area contributed by atoms with E-state index < -0.39 is 5.97 Å². The molecule has 0 spiro atoms. The molecule has 1 fully saturated rings. The molecule has 1 aliphatic rings. The topological polar surface area (TPSA) is 84.7 Å². The third-order valence-electron chi connectivity index (χ3n) is 5.88. The van der Waals surface area contributed by atoms with E-state index in [-0.39, 0.29) is 24.3 Å². The van der Waals surface area contributed by atoms with Crippen molar-refractivity contribution < 1.29 is 19.4 Å². The number of nitrogens with zero attached hydrogens (tertiary/aromatic N) is 3. The van der Waals surface area contributed by atoms with Crippen LogP contribution < -0.4 is 4.90 Å². The molecule has 7 nitrogen and oxygen atoms in total. The van der Waals surface area contributed by atoms with E-state index in [1.165, 1.54) is 7.11 Å². The summed E-state index contributed by atoms with van der Waals surface area (Å²) < 4.78 is 6.95. The number of rotatable bonds is 6. The van der Waals surface area contributed by atoms with Gasteiger partial charge in [-0.1, -0.05) is 36.4 Å². The number of hydrogen-bond donors (Lipinski definition) is 1. The average molecular weight is 407 g/mol.